The fraction of sp³-hybridized carbons (Fsp3) is 0.433. The number of nitrogens with zero attached hydrogens (tertiary/aromatic N) is 3. The zero-order chi connectivity index (χ0) is 25.3. The van der Waals surface area contributed by atoms with E-state index in [4.69, 9.17) is 5.10 Å². The van der Waals surface area contributed by atoms with E-state index in [1.807, 2.05) is 49.4 Å². The second-order valence-corrected chi connectivity index (χ2v) is 10.4. The summed E-state index contributed by atoms with van der Waals surface area (Å²) < 4.78 is 1.72. The molecular formula is C30H36N4O2. The van der Waals surface area contributed by atoms with E-state index in [0.717, 1.165) is 55.5 Å². The predicted octanol–water partition coefficient (Wildman–Crippen LogP) is 5.54. The number of amides is 2. The molecule has 2 heterocycles. The van der Waals surface area contributed by atoms with E-state index in [-0.39, 0.29) is 17.9 Å². The number of aromatic nitrogens is 2. The van der Waals surface area contributed by atoms with Gasteiger partial charge >= 0.3 is 0 Å². The van der Waals surface area contributed by atoms with Crippen LogP contribution in [0.3, 0.4) is 0 Å². The molecule has 1 aliphatic carbocycles. The number of benzene rings is 2. The highest BCUT2D eigenvalue weighted by Gasteiger charge is 2.49. The van der Waals surface area contributed by atoms with Crippen molar-refractivity contribution < 1.29 is 9.59 Å². The topological polar surface area (TPSA) is 67.2 Å². The fourth-order valence-corrected chi connectivity index (χ4v) is 5.51. The summed E-state index contributed by atoms with van der Waals surface area (Å²) in [4.78, 5) is 29.6. The van der Waals surface area contributed by atoms with Crippen molar-refractivity contribution in [3.8, 4) is 11.3 Å². The van der Waals surface area contributed by atoms with Gasteiger partial charge in [-0.15, -0.1) is 0 Å². The lowest BCUT2D eigenvalue weighted by atomic mass is 9.91. The number of aryl methyl sites for hydroxylation is 2. The Kier molecular flexibility index (Phi) is 6.69. The van der Waals surface area contributed by atoms with E-state index < -0.39 is 5.54 Å². The van der Waals surface area contributed by atoms with Crippen molar-refractivity contribution in [3.05, 3.63) is 71.4 Å². The van der Waals surface area contributed by atoms with Gasteiger partial charge in [-0.3, -0.25) is 19.2 Å². The molecule has 5 rings (SSSR count). The van der Waals surface area contributed by atoms with Crippen LogP contribution in [-0.2, 0) is 24.2 Å². The van der Waals surface area contributed by atoms with Gasteiger partial charge in [0.25, 0.3) is 5.91 Å². The van der Waals surface area contributed by atoms with Crippen LogP contribution in [0.15, 0.2) is 54.6 Å². The van der Waals surface area contributed by atoms with Gasteiger partial charge in [-0.25, -0.2) is 0 Å². The molecule has 6 heteroatoms. The van der Waals surface area contributed by atoms with Crippen LogP contribution >= 0.6 is 0 Å². The molecular weight excluding hydrogens is 448 g/mol. The van der Waals surface area contributed by atoms with E-state index in [2.05, 4.69) is 31.3 Å². The van der Waals surface area contributed by atoms with Gasteiger partial charge in [0.1, 0.15) is 11.2 Å². The SMILES string of the molecule is CCc1ccc(-c2cc3n(n2)C[C@](C)(C(=O)NC2CCCCC2)N(c2ccc(CC)cc2)C3=O)cc1. The molecule has 1 aromatic heterocycles. The number of carbonyl (C=O) groups excluding carboxylic acids is 2. The lowest BCUT2D eigenvalue weighted by molar-refractivity contribution is -0.127. The van der Waals surface area contributed by atoms with Crippen LogP contribution in [0.1, 0.15) is 74.5 Å². The zero-order valence-corrected chi connectivity index (χ0v) is 21.6. The van der Waals surface area contributed by atoms with Crippen LogP contribution in [0.25, 0.3) is 11.3 Å². The van der Waals surface area contributed by atoms with Crippen LogP contribution in [0.4, 0.5) is 5.69 Å². The Bertz CT molecular complexity index is 1240. The minimum Gasteiger partial charge on any atom is -0.351 e. The van der Waals surface area contributed by atoms with E-state index in [1.54, 1.807) is 9.58 Å². The number of hydrogen-bond acceptors (Lipinski definition) is 3. The molecule has 0 bridgehead atoms. The van der Waals surface area contributed by atoms with Crippen LogP contribution in [0.5, 0.6) is 0 Å². The van der Waals surface area contributed by atoms with Crippen molar-refractivity contribution in [1.82, 2.24) is 15.1 Å². The Morgan fingerprint density at radius 2 is 1.58 bits per heavy atom. The monoisotopic (exact) mass is 484 g/mol. The molecule has 2 amide bonds. The maximum Gasteiger partial charge on any atom is 0.277 e. The number of hydrogen-bond donors (Lipinski definition) is 1. The highest BCUT2D eigenvalue weighted by Crippen LogP contribution is 2.35. The van der Waals surface area contributed by atoms with Crippen molar-refractivity contribution in [2.24, 2.45) is 0 Å². The summed E-state index contributed by atoms with van der Waals surface area (Å²) in [5.41, 5.74) is 4.32. The normalized spacial score (nSPS) is 20.3. The molecule has 1 N–H and O–H groups in total. The molecule has 36 heavy (non-hydrogen) atoms. The van der Waals surface area contributed by atoms with Crippen LogP contribution in [0.2, 0.25) is 0 Å². The van der Waals surface area contributed by atoms with Crippen molar-refractivity contribution in [1.29, 1.82) is 0 Å². The van der Waals surface area contributed by atoms with Crippen LogP contribution in [-0.4, -0.2) is 33.2 Å². The predicted molar refractivity (Wildman–Crippen MR) is 143 cm³/mol. The van der Waals surface area contributed by atoms with E-state index in [0.29, 0.717) is 12.2 Å². The van der Waals surface area contributed by atoms with Gasteiger partial charge in [-0.1, -0.05) is 69.5 Å². The Morgan fingerprint density at radius 1 is 0.972 bits per heavy atom. The average Bonchev–Trinajstić information content (AvgIpc) is 3.33. The maximum absolute atomic E-state index is 14.0. The van der Waals surface area contributed by atoms with Gasteiger partial charge in [0.05, 0.1) is 12.2 Å². The Morgan fingerprint density at radius 3 is 2.19 bits per heavy atom. The molecule has 0 saturated heterocycles. The molecule has 6 nitrogen and oxygen atoms in total. The summed E-state index contributed by atoms with van der Waals surface area (Å²) in [5, 5.41) is 8.08. The summed E-state index contributed by atoms with van der Waals surface area (Å²) in [6.07, 6.45) is 7.35. The second-order valence-electron chi connectivity index (χ2n) is 10.4. The summed E-state index contributed by atoms with van der Waals surface area (Å²) in [5.74, 6) is -0.312. The molecule has 188 valence electrons. The standard InChI is InChI=1S/C30H36N4O2/c1-4-21-11-15-23(16-12-21)26-19-27-28(35)34(25-17-13-22(5-2)14-18-25)30(3,20-33(27)32-26)29(36)31-24-9-7-6-8-10-24/h11-19,24H,4-10,20H2,1-3H3,(H,31,36)/t30-/m1/s1. The van der Waals surface area contributed by atoms with Crippen LogP contribution in [0, 0.1) is 0 Å². The summed E-state index contributed by atoms with van der Waals surface area (Å²) in [6, 6.07) is 18.3. The first-order valence-corrected chi connectivity index (χ1v) is 13.3. The smallest absolute Gasteiger partial charge is 0.277 e. The third kappa shape index (κ3) is 4.45. The fourth-order valence-electron chi connectivity index (χ4n) is 5.51. The Labute approximate surface area is 213 Å². The minimum atomic E-state index is -1.09. The Balaban J connectivity index is 1.53. The van der Waals surface area contributed by atoms with Crippen molar-refractivity contribution >= 4 is 17.5 Å². The summed E-state index contributed by atoms with van der Waals surface area (Å²) in [6.45, 7) is 6.41. The zero-order valence-electron chi connectivity index (χ0n) is 21.6. The largest absolute Gasteiger partial charge is 0.351 e. The lowest BCUT2D eigenvalue weighted by Crippen LogP contribution is -2.65. The van der Waals surface area contributed by atoms with Crippen molar-refractivity contribution in [2.75, 3.05) is 4.90 Å². The number of fused-ring (bicyclic) bond motifs is 1. The molecule has 2 aliphatic rings. The first kappa shape index (κ1) is 24.3. The molecule has 1 aliphatic heterocycles. The average molecular weight is 485 g/mol. The van der Waals surface area contributed by atoms with E-state index in [1.165, 1.54) is 17.5 Å². The molecule has 1 atom stereocenters. The first-order valence-electron chi connectivity index (χ1n) is 13.3. The van der Waals surface area contributed by atoms with Gasteiger partial charge in [0.2, 0.25) is 5.91 Å². The number of rotatable bonds is 6. The first-order chi connectivity index (χ1) is 17.4. The molecule has 0 radical (unpaired) electrons. The minimum absolute atomic E-state index is 0.114. The molecule has 0 unspecified atom stereocenters. The number of nitrogens with one attached hydrogen (secondary N) is 1. The molecule has 0 spiro atoms. The van der Waals surface area contributed by atoms with Gasteiger partial charge in [-0.05, 0) is 61.9 Å². The van der Waals surface area contributed by atoms with Crippen LogP contribution < -0.4 is 10.2 Å². The third-order valence-corrected chi connectivity index (χ3v) is 7.84. The lowest BCUT2D eigenvalue weighted by Gasteiger charge is -2.44. The molecule has 1 fully saturated rings. The Hall–Kier alpha value is -3.41. The van der Waals surface area contributed by atoms with Gasteiger partial charge in [0.15, 0.2) is 0 Å². The third-order valence-electron chi connectivity index (χ3n) is 7.84. The summed E-state index contributed by atoms with van der Waals surface area (Å²) in [7, 11) is 0. The van der Waals surface area contributed by atoms with Crippen molar-refractivity contribution in [2.45, 2.75) is 83.8 Å². The van der Waals surface area contributed by atoms with Gasteiger partial charge in [-0.2, -0.15) is 5.10 Å². The quantitative estimate of drug-likeness (QED) is 0.499. The van der Waals surface area contributed by atoms with Gasteiger partial charge < -0.3 is 5.32 Å². The molecule has 3 aromatic rings. The number of anilines is 1. The second kappa shape index (κ2) is 9.92. The maximum atomic E-state index is 14.0. The highest BCUT2D eigenvalue weighted by atomic mass is 16.2. The van der Waals surface area contributed by atoms with Crippen molar-refractivity contribution in [3.63, 3.8) is 0 Å². The number of carbonyl (C=O) groups is 2. The van der Waals surface area contributed by atoms with E-state index >= 15 is 0 Å². The van der Waals surface area contributed by atoms with Gasteiger partial charge in [0, 0.05) is 17.3 Å². The van der Waals surface area contributed by atoms with E-state index in [9.17, 15) is 9.59 Å². The highest BCUT2D eigenvalue weighted by molar-refractivity contribution is 6.12. The molecule has 1 saturated carbocycles. The summed E-state index contributed by atoms with van der Waals surface area (Å²) >= 11 is 0. The molecule has 2 aromatic carbocycles.